The molecule has 0 spiro atoms. The van der Waals surface area contributed by atoms with Crippen LogP contribution in [0.3, 0.4) is 0 Å². The maximum absolute atomic E-state index is 11.4. The highest BCUT2D eigenvalue weighted by Gasteiger charge is 2.35. The molecule has 0 aromatic rings. The second kappa shape index (κ2) is 6.74. The average Bonchev–Trinajstić information content (AvgIpc) is 2.38. The Bertz CT molecular complexity index is 303. The van der Waals surface area contributed by atoms with Gasteiger partial charge in [0.05, 0.1) is 0 Å². The minimum Gasteiger partial charge on any atom is -0.480 e. The van der Waals surface area contributed by atoms with E-state index in [0.717, 1.165) is 31.2 Å². The third kappa shape index (κ3) is 3.95. The highest BCUT2D eigenvalue weighted by atomic mass is 16.4. The van der Waals surface area contributed by atoms with Gasteiger partial charge >= 0.3 is 5.97 Å². The van der Waals surface area contributed by atoms with Gasteiger partial charge < -0.3 is 5.11 Å². The Balaban J connectivity index is 1.96. The van der Waals surface area contributed by atoms with Crippen LogP contribution in [-0.4, -0.2) is 34.6 Å². The largest absolute Gasteiger partial charge is 0.480 e. The highest BCUT2D eigenvalue weighted by molar-refractivity contribution is 5.73. The molecule has 3 nitrogen and oxygen atoms in total. The molecule has 1 heterocycles. The minimum absolute atomic E-state index is 0.212. The molecular weight excluding hydrogens is 238 g/mol. The molecule has 1 aliphatic heterocycles. The molecule has 1 N–H and O–H groups in total. The van der Waals surface area contributed by atoms with E-state index in [0.29, 0.717) is 6.04 Å². The average molecular weight is 267 g/mol. The Morgan fingerprint density at radius 1 is 1.21 bits per heavy atom. The maximum atomic E-state index is 11.4. The standard InChI is InChI=1S/C16H29NO2/c1-12(2)10-13-6-5-7-14(11-13)17-9-4-3-8-15(17)16(18)19/h12-15H,3-11H2,1-2H3,(H,18,19). The fourth-order valence-electron chi connectivity index (χ4n) is 4.10. The van der Waals surface area contributed by atoms with Gasteiger partial charge in [0.2, 0.25) is 0 Å². The van der Waals surface area contributed by atoms with Crippen molar-refractivity contribution < 1.29 is 9.90 Å². The van der Waals surface area contributed by atoms with Gasteiger partial charge in [0.15, 0.2) is 0 Å². The number of hydrogen-bond acceptors (Lipinski definition) is 2. The second-order valence-corrected chi connectivity index (χ2v) is 6.90. The van der Waals surface area contributed by atoms with Crippen LogP contribution in [0.1, 0.15) is 65.2 Å². The zero-order chi connectivity index (χ0) is 13.8. The SMILES string of the molecule is CC(C)CC1CCCC(N2CCCCC2C(=O)O)C1. The van der Waals surface area contributed by atoms with Crippen LogP contribution in [0, 0.1) is 11.8 Å². The quantitative estimate of drug-likeness (QED) is 0.847. The van der Waals surface area contributed by atoms with Gasteiger partial charge in [-0.15, -0.1) is 0 Å². The molecule has 110 valence electrons. The van der Waals surface area contributed by atoms with Gasteiger partial charge in [-0.1, -0.05) is 33.1 Å². The summed E-state index contributed by atoms with van der Waals surface area (Å²) in [4.78, 5) is 13.7. The Morgan fingerprint density at radius 3 is 2.68 bits per heavy atom. The molecule has 2 rings (SSSR count). The number of likely N-dealkylation sites (tertiary alicyclic amines) is 1. The number of aliphatic carboxylic acids is 1. The molecule has 1 aliphatic carbocycles. The zero-order valence-corrected chi connectivity index (χ0v) is 12.5. The molecule has 0 aromatic heterocycles. The van der Waals surface area contributed by atoms with Crippen LogP contribution in [-0.2, 0) is 4.79 Å². The van der Waals surface area contributed by atoms with Gasteiger partial charge in [-0.2, -0.15) is 0 Å². The Morgan fingerprint density at radius 2 is 2.00 bits per heavy atom. The maximum Gasteiger partial charge on any atom is 0.320 e. The summed E-state index contributed by atoms with van der Waals surface area (Å²) in [7, 11) is 0. The highest BCUT2D eigenvalue weighted by Crippen LogP contribution is 2.34. The Hall–Kier alpha value is -0.570. The molecule has 2 fully saturated rings. The van der Waals surface area contributed by atoms with Crippen LogP contribution >= 0.6 is 0 Å². The summed E-state index contributed by atoms with van der Waals surface area (Å²) >= 11 is 0. The van der Waals surface area contributed by atoms with E-state index in [1.807, 2.05) is 0 Å². The van der Waals surface area contributed by atoms with Gasteiger partial charge in [0.1, 0.15) is 6.04 Å². The van der Waals surface area contributed by atoms with Crippen molar-refractivity contribution in [1.82, 2.24) is 4.90 Å². The van der Waals surface area contributed by atoms with Crippen LogP contribution in [0.4, 0.5) is 0 Å². The van der Waals surface area contributed by atoms with Crippen molar-refractivity contribution in [3.05, 3.63) is 0 Å². The van der Waals surface area contributed by atoms with E-state index in [9.17, 15) is 9.90 Å². The second-order valence-electron chi connectivity index (χ2n) is 6.90. The summed E-state index contributed by atoms with van der Waals surface area (Å²) in [5.41, 5.74) is 0. The lowest BCUT2D eigenvalue weighted by molar-refractivity contribution is -0.146. The van der Waals surface area contributed by atoms with Crippen LogP contribution in [0.25, 0.3) is 0 Å². The molecule has 1 saturated carbocycles. The van der Waals surface area contributed by atoms with Gasteiger partial charge in [0, 0.05) is 6.04 Å². The topological polar surface area (TPSA) is 40.5 Å². The number of carbonyl (C=O) groups is 1. The van der Waals surface area contributed by atoms with Crippen LogP contribution in [0.5, 0.6) is 0 Å². The van der Waals surface area contributed by atoms with E-state index < -0.39 is 5.97 Å². The van der Waals surface area contributed by atoms with Crippen molar-refractivity contribution in [2.75, 3.05) is 6.54 Å². The van der Waals surface area contributed by atoms with Crippen LogP contribution in [0.2, 0.25) is 0 Å². The first kappa shape index (κ1) is 14.8. The van der Waals surface area contributed by atoms with Crippen molar-refractivity contribution in [2.45, 2.75) is 77.3 Å². The van der Waals surface area contributed by atoms with Crippen molar-refractivity contribution in [3.8, 4) is 0 Å². The van der Waals surface area contributed by atoms with Gasteiger partial charge in [0.25, 0.3) is 0 Å². The van der Waals surface area contributed by atoms with Crippen LogP contribution < -0.4 is 0 Å². The van der Waals surface area contributed by atoms with Crippen molar-refractivity contribution in [2.24, 2.45) is 11.8 Å². The van der Waals surface area contributed by atoms with Crippen molar-refractivity contribution in [3.63, 3.8) is 0 Å². The number of carboxylic acids is 1. The summed E-state index contributed by atoms with van der Waals surface area (Å²) < 4.78 is 0. The molecule has 0 amide bonds. The molecule has 3 unspecified atom stereocenters. The first-order valence-electron chi connectivity index (χ1n) is 8.06. The smallest absolute Gasteiger partial charge is 0.320 e. The van der Waals surface area contributed by atoms with E-state index in [1.54, 1.807) is 0 Å². The molecule has 0 radical (unpaired) electrons. The molecule has 2 aliphatic rings. The molecule has 0 aromatic carbocycles. The van der Waals surface area contributed by atoms with Gasteiger partial charge in [-0.25, -0.2) is 0 Å². The fourth-order valence-corrected chi connectivity index (χ4v) is 4.10. The summed E-state index contributed by atoms with van der Waals surface area (Å²) in [6, 6.07) is 0.315. The first-order valence-corrected chi connectivity index (χ1v) is 8.06. The monoisotopic (exact) mass is 267 g/mol. The van der Waals surface area contributed by atoms with E-state index in [2.05, 4.69) is 18.7 Å². The fraction of sp³-hybridized carbons (Fsp3) is 0.938. The molecule has 1 saturated heterocycles. The molecule has 3 atom stereocenters. The first-order chi connectivity index (χ1) is 9.08. The third-order valence-electron chi connectivity index (χ3n) is 4.86. The minimum atomic E-state index is -0.606. The van der Waals surface area contributed by atoms with E-state index in [1.165, 1.54) is 38.5 Å². The Kier molecular flexibility index (Phi) is 5.26. The van der Waals surface area contributed by atoms with E-state index >= 15 is 0 Å². The predicted molar refractivity (Wildman–Crippen MR) is 77.2 cm³/mol. The van der Waals surface area contributed by atoms with Crippen molar-refractivity contribution in [1.29, 1.82) is 0 Å². The lowest BCUT2D eigenvalue weighted by atomic mass is 9.79. The van der Waals surface area contributed by atoms with E-state index in [4.69, 9.17) is 0 Å². The van der Waals surface area contributed by atoms with Crippen molar-refractivity contribution >= 4 is 5.97 Å². The number of nitrogens with zero attached hydrogens (tertiary/aromatic N) is 1. The number of carboxylic acid groups (broad SMARTS) is 1. The van der Waals surface area contributed by atoms with Gasteiger partial charge in [-0.05, 0) is 50.5 Å². The zero-order valence-electron chi connectivity index (χ0n) is 12.5. The summed E-state index contributed by atoms with van der Waals surface area (Å²) in [6.45, 7) is 5.59. The third-order valence-corrected chi connectivity index (χ3v) is 4.86. The summed E-state index contributed by atoms with van der Waals surface area (Å²) in [6.07, 6.45) is 9.47. The lowest BCUT2D eigenvalue weighted by Crippen LogP contribution is -2.51. The molecule has 19 heavy (non-hydrogen) atoms. The molecular formula is C16H29NO2. The lowest BCUT2D eigenvalue weighted by Gasteiger charge is -2.43. The summed E-state index contributed by atoms with van der Waals surface area (Å²) in [5.74, 6) is 0.973. The van der Waals surface area contributed by atoms with Gasteiger partial charge in [-0.3, -0.25) is 9.69 Å². The number of rotatable bonds is 4. The number of hydrogen-bond donors (Lipinski definition) is 1. The Labute approximate surface area is 117 Å². The molecule has 0 bridgehead atoms. The van der Waals surface area contributed by atoms with E-state index in [-0.39, 0.29) is 6.04 Å². The normalized spacial score (nSPS) is 33.5. The number of piperidine rings is 1. The van der Waals surface area contributed by atoms with Crippen LogP contribution in [0.15, 0.2) is 0 Å². The molecule has 3 heteroatoms. The predicted octanol–water partition coefficient (Wildman–Crippen LogP) is 3.53. The summed E-state index contributed by atoms with van der Waals surface area (Å²) in [5, 5.41) is 9.41.